The molecule has 0 bridgehead atoms. The van der Waals surface area contributed by atoms with Gasteiger partial charge in [0.05, 0.1) is 5.60 Å². The van der Waals surface area contributed by atoms with Crippen LogP contribution in [-0.4, -0.2) is 14.0 Å². The lowest BCUT2D eigenvalue weighted by Crippen LogP contribution is -2.31. The van der Waals surface area contributed by atoms with E-state index in [9.17, 15) is 8.42 Å². The molecular formula is C14H22O3S. The van der Waals surface area contributed by atoms with Gasteiger partial charge < -0.3 is 0 Å². The topological polar surface area (TPSA) is 43.4 Å². The summed E-state index contributed by atoms with van der Waals surface area (Å²) in [5.74, 6) is -0.0624. The highest BCUT2D eigenvalue weighted by atomic mass is 32.2. The minimum absolute atomic E-state index is 0.0624. The van der Waals surface area contributed by atoms with Crippen molar-refractivity contribution in [1.82, 2.24) is 0 Å². The molecule has 0 aliphatic rings. The maximum Gasteiger partial charge on any atom is 0.272 e. The second-order valence-corrected chi connectivity index (χ2v) is 6.40. The van der Waals surface area contributed by atoms with Crippen molar-refractivity contribution in [3.63, 3.8) is 0 Å². The molecule has 0 heterocycles. The maximum atomic E-state index is 12.0. The third kappa shape index (κ3) is 4.78. The Hall–Kier alpha value is -0.870. The third-order valence-corrected chi connectivity index (χ3v) is 4.38. The lowest BCUT2D eigenvalue weighted by Gasteiger charge is -2.27. The Kier molecular flexibility index (Phi) is 5.35. The summed E-state index contributed by atoms with van der Waals surface area (Å²) in [6.45, 7) is 5.84. The molecule has 1 rings (SSSR count). The van der Waals surface area contributed by atoms with E-state index in [0.29, 0.717) is 6.42 Å². The van der Waals surface area contributed by atoms with Crippen LogP contribution in [-0.2, 0) is 20.1 Å². The van der Waals surface area contributed by atoms with Crippen LogP contribution in [0.15, 0.2) is 30.3 Å². The van der Waals surface area contributed by atoms with Crippen molar-refractivity contribution in [3.05, 3.63) is 35.9 Å². The van der Waals surface area contributed by atoms with E-state index in [1.807, 2.05) is 39.0 Å². The van der Waals surface area contributed by atoms with Gasteiger partial charge in [0, 0.05) is 0 Å². The summed E-state index contributed by atoms with van der Waals surface area (Å²) in [7, 11) is -3.53. The molecule has 0 amide bonds. The molecule has 1 unspecified atom stereocenters. The molecule has 3 nitrogen and oxygen atoms in total. The van der Waals surface area contributed by atoms with Gasteiger partial charge in [-0.2, -0.15) is 8.42 Å². The van der Waals surface area contributed by atoms with E-state index in [1.165, 1.54) is 0 Å². The molecule has 4 heteroatoms. The maximum absolute atomic E-state index is 12.0. The Balaban J connectivity index is 2.76. The molecule has 102 valence electrons. The zero-order valence-electron chi connectivity index (χ0n) is 11.3. The lowest BCUT2D eigenvalue weighted by atomic mass is 9.98. The van der Waals surface area contributed by atoms with Gasteiger partial charge in [0.25, 0.3) is 10.1 Å². The first-order valence-corrected chi connectivity index (χ1v) is 7.96. The average molecular weight is 270 g/mol. The first-order chi connectivity index (χ1) is 8.41. The molecule has 0 fully saturated rings. The molecular weight excluding hydrogens is 248 g/mol. The summed E-state index contributed by atoms with van der Waals surface area (Å²) in [5, 5.41) is 0. The van der Waals surface area contributed by atoms with Crippen LogP contribution in [0.1, 0.15) is 45.6 Å². The van der Waals surface area contributed by atoms with Gasteiger partial charge in [0.2, 0.25) is 0 Å². The van der Waals surface area contributed by atoms with Crippen molar-refractivity contribution < 1.29 is 12.6 Å². The first kappa shape index (κ1) is 15.2. The molecule has 1 aromatic rings. The minimum Gasteiger partial charge on any atom is -0.263 e. The molecule has 1 atom stereocenters. The Morgan fingerprint density at radius 3 is 2.28 bits per heavy atom. The first-order valence-electron chi connectivity index (χ1n) is 6.38. The van der Waals surface area contributed by atoms with Crippen molar-refractivity contribution in [1.29, 1.82) is 0 Å². The van der Waals surface area contributed by atoms with E-state index in [0.717, 1.165) is 18.4 Å². The zero-order chi connectivity index (χ0) is 13.6. The second kappa shape index (κ2) is 6.34. The Morgan fingerprint density at radius 1 is 1.17 bits per heavy atom. The van der Waals surface area contributed by atoms with Gasteiger partial charge in [-0.25, -0.2) is 0 Å². The highest BCUT2D eigenvalue weighted by molar-refractivity contribution is 7.85. The molecule has 0 aliphatic carbocycles. The summed E-state index contributed by atoms with van der Waals surface area (Å²) in [5.41, 5.74) is 0.176. The molecule has 0 aliphatic heterocycles. The van der Waals surface area contributed by atoms with Crippen LogP contribution in [0.3, 0.4) is 0 Å². The molecule has 1 aromatic carbocycles. The Bertz CT molecular complexity index is 453. The number of rotatable bonds is 7. The molecule has 0 N–H and O–H groups in total. The van der Waals surface area contributed by atoms with Gasteiger partial charge in [0.15, 0.2) is 0 Å². The largest absolute Gasteiger partial charge is 0.272 e. The van der Waals surface area contributed by atoms with Crippen molar-refractivity contribution in [2.45, 2.75) is 51.4 Å². The van der Waals surface area contributed by atoms with Gasteiger partial charge in [-0.1, -0.05) is 50.6 Å². The number of hydrogen-bond donors (Lipinski definition) is 0. The second-order valence-electron chi connectivity index (χ2n) is 4.82. The fourth-order valence-electron chi connectivity index (χ4n) is 1.92. The fraction of sp³-hybridized carbons (Fsp3) is 0.571. The fourth-order valence-corrected chi connectivity index (χ4v) is 3.39. The quantitative estimate of drug-likeness (QED) is 0.712. The van der Waals surface area contributed by atoms with Crippen molar-refractivity contribution >= 4 is 10.1 Å². The van der Waals surface area contributed by atoms with E-state index >= 15 is 0 Å². The summed E-state index contributed by atoms with van der Waals surface area (Å²) in [6.07, 6.45) is 2.34. The third-order valence-electron chi connectivity index (χ3n) is 3.04. The summed E-state index contributed by atoms with van der Waals surface area (Å²) in [4.78, 5) is 0. The normalized spacial score (nSPS) is 15.3. The smallest absolute Gasteiger partial charge is 0.263 e. The Morgan fingerprint density at radius 2 is 1.78 bits per heavy atom. The van der Waals surface area contributed by atoms with Crippen molar-refractivity contribution in [3.8, 4) is 0 Å². The van der Waals surface area contributed by atoms with Gasteiger partial charge in [-0.3, -0.25) is 4.18 Å². The van der Waals surface area contributed by atoms with Crippen LogP contribution in [0.2, 0.25) is 0 Å². The van der Waals surface area contributed by atoms with Crippen LogP contribution in [0, 0.1) is 0 Å². The van der Waals surface area contributed by atoms with Gasteiger partial charge in [0.1, 0.15) is 5.75 Å². The molecule has 0 aromatic heterocycles. The predicted molar refractivity (Wildman–Crippen MR) is 73.8 cm³/mol. The monoisotopic (exact) mass is 270 g/mol. The van der Waals surface area contributed by atoms with E-state index in [-0.39, 0.29) is 5.75 Å². The van der Waals surface area contributed by atoms with Gasteiger partial charge >= 0.3 is 0 Å². The predicted octanol–water partition coefficient (Wildman–Crippen LogP) is 3.50. The van der Waals surface area contributed by atoms with Crippen LogP contribution >= 0.6 is 0 Å². The average Bonchev–Trinajstić information content (AvgIpc) is 2.29. The van der Waals surface area contributed by atoms with E-state index in [2.05, 4.69) is 0 Å². The van der Waals surface area contributed by atoms with Gasteiger partial charge in [-0.05, 0) is 25.3 Å². The van der Waals surface area contributed by atoms with Crippen molar-refractivity contribution in [2.24, 2.45) is 0 Å². The van der Waals surface area contributed by atoms with Crippen LogP contribution in [0.5, 0.6) is 0 Å². The van der Waals surface area contributed by atoms with Crippen LogP contribution in [0.25, 0.3) is 0 Å². The molecule has 0 radical (unpaired) electrons. The summed E-state index contributed by atoms with van der Waals surface area (Å²) < 4.78 is 29.4. The van der Waals surface area contributed by atoms with E-state index < -0.39 is 15.7 Å². The van der Waals surface area contributed by atoms with E-state index in [1.54, 1.807) is 12.1 Å². The summed E-state index contributed by atoms with van der Waals surface area (Å²) >= 11 is 0. The number of benzene rings is 1. The highest BCUT2D eigenvalue weighted by Crippen LogP contribution is 2.25. The van der Waals surface area contributed by atoms with E-state index in [4.69, 9.17) is 4.18 Å². The molecule has 0 saturated carbocycles. The van der Waals surface area contributed by atoms with Gasteiger partial charge in [-0.15, -0.1) is 0 Å². The standard InChI is InChI=1S/C14H22O3S/c1-4-11-14(3,5-2)17-18(15,16)12-13-9-7-6-8-10-13/h6-10H,4-5,11-12H2,1-3H3. The number of hydrogen-bond acceptors (Lipinski definition) is 3. The zero-order valence-corrected chi connectivity index (χ0v) is 12.2. The molecule has 0 spiro atoms. The highest BCUT2D eigenvalue weighted by Gasteiger charge is 2.29. The van der Waals surface area contributed by atoms with Crippen LogP contribution in [0.4, 0.5) is 0 Å². The minimum atomic E-state index is -3.53. The SMILES string of the molecule is CCCC(C)(CC)OS(=O)(=O)Cc1ccccc1. The van der Waals surface area contributed by atoms with Crippen LogP contribution < -0.4 is 0 Å². The Labute approximate surface area is 110 Å². The van der Waals surface area contributed by atoms with Crippen molar-refractivity contribution in [2.75, 3.05) is 0 Å². The molecule has 0 saturated heterocycles. The molecule has 18 heavy (non-hydrogen) atoms. The summed E-state index contributed by atoms with van der Waals surface area (Å²) in [6, 6.07) is 9.12. The lowest BCUT2D eigenvalue weighted by molar-refractivity contribution is 0.0817.